The maximum atomic E-state index is 6.46. The molecule has 1 atom stereocenters. The Kier molecular flexibility index (Phi) is 12.8. The number of alkyl halides is 1. The number of ether oxygens (including phenoxy) is 5. The number of aryl methyl sites for hydroxylation is 6. The zero-order valence-corrected chi connectivity index (χ0v) is 46.6. The number of pyridine rings is 2. The molecule has 2 aliphatic rings. The minimum absolute atomic E-state index is 0.357. The summed E-state index contributed by atoms with van der Waals surface area (Å²) >= 11 is -0.499. The minimum atomic E-state index is -0.499. The predicted molar refractivity (Wildman–Crippen MR) is 293 cm³/mol. The quantitative estimate of drug-likeness (QED) is 0.0681. The summed E-state index contributed by atoms with van der Waals surface area (Å²) in [6.45, 7) is 20.8. The molecule has 10 aromatic rings. The van der Waals surface area contributed by atoms with E-state index in [0.29, 0.717) is 74.4 Å². The van der Waals surface area contributed by atoms with Gasteiger partial charge in [-0.05, 0) is 83.0 Å². The zero-order valence-electron chi connectivity index (χ0n) is 44.5. The predicted octanol–water partition coefficient (Wildman–Crippen LogP) is 11.3. The number of benzene rings is 2. The van der Waals surface area contributed by atoms with E-state index in [-0.39, 0.29) is 6.29 Å². The van der Waals surface area contributed by atoms with Crippen molar-refractivity contribution in [2.75, 3.05) is 24.8 Å². The van der Waals surface area contributed by atoms with E-state index in [1.165, 1.54) is 0 Å². The molecule has 12 rings (SSSR count). The fourth-order valence-electron chi connectivity index (χ4n) is 11.3. The molecule has 2 aliphatic heterocycles. The standard InChI is InChI=1S/C61H60IN6O8/c1-11-69-50-24-21-47(72-50)41-30-65(29-40(41)46-15-14-16-53(75-46)76-62-10)58-34(4)27-36(6)60-54(58)56-44(19-17-38(8)63-56)67(60)33-68-45-20-18-39(9)64-57(45)55-59(35(5)28-37(7)61(55)68)66-31-42(48-22-25-51(73-48)70-12-2)43(32-66)49-23-26-52(74-49)71-13-3/h15-25,27-32,52H,11-14,26,33H2,1-10H3/q-1. The van der Waals surface area contributed by atoms with Crippen LogP contribution in [0.5, 0.6) is 11.9 Å². The molecule has 10 heterocycles. The SMILES string of the molecule is CCOc1ccc(-c2cn(-c3c(C)cc(C)c4c3c3nc(C)ccc3n4Cn3c4ccc(C)nc4c4c(-n5cc(C6=CCC(OCC)O6)c(-c6ccc(OCC)o6)c5)c(C)cc(C)c43)cc2C2=CCC=C(O[I-]C)O2)o1. The van der Waals surface area contributed by atoms with Crippen LogP contribution < -0.4 is 31.1 Å². The molecule has 0 saturated carbocycles. The van der Waals surface area contributed by atoms with Crippen molar-refractivity contribution in [3.8, 4) is 45.9 Å². The first-order valence-corrected chi connectivity index (χ1v) is 28.9. The van der Waals surface area contributed by atoms with Crippen LogP contribution in [-0.4, -0.2) is 59.3 Å². The van der Waals surface area contributed by atoms with Gasteiger partial charge in [0.05, 0.1) is 34.2 Å². The Balaban J connectivity index is 1.06. The molecule has 8 aromatic heterocycles. The van der Waals surface area contributed by atoms with Crippen molar-refractivity contribution < 1.29 is 57.2 Å². The summed E-state index contributed by atoms with van der Waals surface area (Å²) in [6, 6.07) is 20.9. The average Bonchev–Trinajstić information content (AvgIpc) is 4.34. The summed E-state index contributed by atoms with van der Waals surface area (Å²) in [5.74, 6) is 4.25. The molecular formula is C61H60IN6O8-. The molecule has 0 N–H and O–H groups in total. The van der Waals surface area contributed by atoms with E-state index < -0.39 is 21.6 Å². The van der Waals surface area contributed by atoms with E-state index in [1.807, 2.05) is 51.1 Å². The summed E-state index contributed by atoms with van der Waals surface area (Å²) in [7, 11) is 0. The monoisotopic (exact) mass is 1130 g/mol. The van der Waals surface area contributed by atoms with Gasteiger partial charge in [0.1, 0.15) is 11.5 Å². The van der Waals surface area contributed by atoms with E-state index in [0.717, 1.165) is 117 Å². The molecule has 0 amide bonds. The Morgan fingerprint density at radius 1 is 0.592 bits per heavy atom. The molecule has 15 heteroatoms. The molecule has 0 aliphatic carbocycles. The molecule has 1 unspecified atom stereocenters. The van der Waals surface area contributed by atoms with Gasteiger partial charge in [0.25, 0.3) is 5.95 Å². The second-order valence-corrected chi connectivity index (χ2v) is 20.7. The van der Waals surface area contributed by atoms with Gasteiger partial charge in [-0.25, -0.2) is 0 Å². The molecule has 2 aromatic carbocycles. The van der Waals surface area contributed by atoms with Crippen LogP contribution in [0.15, 0.2) is 118 Å². The van der Waals surface area contributed by atoms with Crippen molar-refractivity contribution in [2.45, 2.75) is 88.1 Å². The fourth-order valence-corrected chi connectivity index (χ4v) is 12.0. The number of allylic oxidation sites excluding steroid dienone is 2. The van der Waals surface area contributed by atoms with Crippen LogP contribution in [-0.2, 0) is 23.9 Å². The second-order valence-electron chi connectivity index (χ2n) is 19.4. The molecule has 390 valence electrons. The van der Waals surface area contributed by atoms with Crippen molar-refractivity contribution in [1.29, 1.82) is 0 Å². The number of hydrogen-bond acceptors (Lipinski definition) is 10. The van der Waals surface area contributed by atoms with Gasteiger partial charge >= 0.3 is 226 Å². The Bertz CT molecular complexity index is 4020. The first kappa shape index (κ1) is 49.3. The number of aromatic nitrogens is 6. The second kappa shape index (κ2) is 19.8. The molecule has 0 fully saturated rings. The average molecular weight is 1130 g/mol. The summed E-state index contributed by atoms with van der Waals surface area (Å²) in [5.41, 5.74) is 17.9. The van der Waals surface area contributed by atoms with Gasteiger partial charge in [-0.15, -0.1) is 0 Å². The third-order valence-corrected chi connectivity index (χ3v) is 15.1. The van der Waals surface area contributed by atoms with Gasteiger partial charge in [0.2, 0.25) is 6.29 Å². The van der Waals surface area contributed by atoms with Crippen LogP contribution in [0.3, 0.4) is 0 Å². The number of halogens is 1. The number of rotatable bonds is 16. The summed E-state index contributed by atoms with van der Waals surface area (Å²) in [4.78, 5) is 12.8. The summed E-state index contributed by atoms with van der Waals surface area (Å²) in [6.07, 6.45) is 15.7. The van der Waals surface area contributed by atoms with Gasteiger partial charge in [0.15, 0.2) is 0 Å². The van der Waals surface area contributed by atoms with Gasteiger partial charge < -0.3 is 27.8 Å². The van der Waals surface area contributed by atoms with Gasteiger partial charge in [-0.2, -0.15) is 0 Å². The van der Waals surface area contributed by atoms with E-state index >= 15 is 0 Å². The molecule has 0 saturated heterocycles. The van der Waals surface area contributed by atoms with Crippen LogP contribution in [0, 0.1) is 41.5 Å². The van der Waals surface area contributed by atoms with E-state index in [1.54, 1.807) is 0 Å². The van der Waals surface area contributed by atoms with Gasteiger partial charge in [-0.1, -0.05) is 6.07 Å². The first-order valence-electron chi connectivity index (χ1n) is 25.9. The number of nitrogens with zero attached hydrogens (tertiary/aromatic N) is 6. The van der Waals surface area contributed by atoms with Gasteiger partial charge in [-0.3, -0.25) is 4.98 Å². The number of furan rings is 2. The molecule has 0 spiro atoms. The van der Waals surface area contributed by atoms with Crippen LogP contribution in [0.4, 0.5) is 0 Å². The fraction of sp³-hybridized carbons (Fsp3) is 0.279. The summed E-state index contributed by atoms with van der Waals surface area (Å²) in [5, 5.41) is 2.10. The topological polar surface area (TPSA) is 127 Å². The molecule has 14 nitrogen and oxygen atoms in total. The molecule has 76 heavy (non-hydrogen) atoms. The van der Waals surface area contributed by atoms with Crippen molar-refractivity contribution in [3.05, 3.63) is 154 Å². The third kappa shape index (κ3) is 8.43. The molecular weight excluding hydrogens is 1070 g/mol. The zero-order chi connectivity index (χ0) is 52.5. The Labute approximate surface area is 451 Å². The van der Waals surface area contributed by atoms with E-state index in [4.69, 9.17) is 45.6 Å². The normalized spacial score (nSPS) is 14.8. The van der Waals surface area contributed by atoms with Gasteiger partial charge in [0, 0.05) is 48.3 Å². The van der Waals surface area contributed by atoms with Crippen molar-refractivity contribution >= 4 is 55.4 Å². The van der Waals surface area contributed by atoms with Crippen LogP contribution in [0.1, 0.15) is 78.4 Å². The van der Waals surface area contributed by atoms with Crippen molar-refractivity contribution in [2.24, 2.45) is 0 Å². The first-order chi connectivity index (χ1) is 36.9. The van der Waals surface area contributed by atoms with Crippen molar-refractivity contribution in [3.63, 3.8) is 0 Å². The molecule has 0 bridgehead atoms. The Morgan fingerprint density at radius 2 is 1.12 bits per heavy atom. The third-order valence-electron chi connectivity index (χ3n) is 14.2. The molecule has 0 radical (unpaired) electrons. The maximum absolute atomic E-state index is 6.46. The van der Waals surface area contributed by atoms with E-state index in [2.05, 4.69) is 138 Å². The Hall–Kier alpha value is -7.63. The number of fused-ring (bicyclic) bond motifs is 6. The van der Waals surface area contributed by atoms with Crippen LogP contribution >= 0.6 is 0 Å². The Morgan fingerprint density at radius 3 is 1.63 bits per heavy atom. The summed E-state index contributed by atoms with van der Waals surface area (Å²) < 4.78 is 58.4. The van der Waals surface area contributed by atoms with E-state index in [9.17, 15) is 0 Å². The van der Waals surface area contributed by atoms with Crippen LogP contribution in [0.2, 0.25) is 0 Å². The number of hydrogen-bond donors (Lipinski definition) is 0. The van der Waals surface area contributed by atoms with Crippen LogP contribution in [0.25, 0.3) is 89.4 Å². The van der Waals surface area contributed by atoms with Crippen molar-refractivity contribution in [1.82, 2.24) is 28.2 Å².